The average Bonchev–Trinajstić information content (AvgIpc) is 2.72. The Morgan fingerprint density at radius 3 is 2.06 bits per heavy atom. The molecule has 1 heterocycles. The maximum atomic E-state index is 12.4. The van der Waals surface area contributed by atoms with Crippen molar-refractivity contribution in [2.24, 2.45) is 5.92 Å². The van der Waals surface area contributed by atoms with Gasteiger partial charge >= 0.3 is 11.9 Å². The second-order valence-electron chi connectivity index (χ2n) is 7.83. The molecule has 0 aliphatic heterocycles. The predicted octanol–water partition coefficient (Wildman–Crippen LogP) is 3.66. The molecular formula is C24H32N2O5. The van der Waals surface area contributed by atoms with Crippen LogP contribution in [0.5, 0.6) is 5.75 Å². The highest BCUT2D eigenvalue weighted by Gasteiger charge is 2.31. The van der Waals surface area contributed by atoms with E-state index in [0.29, 0.717) is 18.9 Å². The quantitative estimate of drug-likeness (QED) is 0.399. The minimum absolute atomic E-state index is 0.208. The molecule has 0 aliphatic carbocycles. The van der Waals surface area contributed by atoms with E-state index in [1.807, 2.05) is 54.4 Å². The van der Waals surface area contributed by atoms with Crippen LogP contribution in [0.3, 0.4) is 0 Å². The molecule has 0 saturated carbocycles. The van der Waals surface area contributed by atoms with Crippen LogP contribution in [0.25, 0.3) is 0 Å². The Morgan fingerprint density at radius 1 is 0.935 bits per heavy atom. The highest BCUT2D eigenvalue weighted by molar-refractivity contribution is 5.95. The zero-order valence-electron chi connectivity index (χ0n) is 18.9. The third-order valence-corrected chi connectivity index (χ3v) is 4.37. The maximum Gasteiger partial charge on any atom is 0.320 e. The van der Waals surface area contributed by atoms with E-state index in [9.17, 15) is 9.59 Å². The van der Waals surface area contributed by atoms with E-state index >= 15 is 0 Å². The topological polar surface area (TPSA) is 78.0 Å². The molecule has 7 nitrogen and oxygen atoms in total. The van der Waals surface area contributed by atoms with Crippen LogP contribution in [0.15, 0.2) is 48.7 Å². The number of carbonyl (C=O) groups excluding carboxylic acids is 2. The van der Waals surface area contributed by atoms with Gasteiger partial charge in [0.05, 0.1) is 18.8 Å². The van der Waals surface area contributed by atoms with Crippen molar-refractivity contribution in [3.63, 3.8) is 0 Å². The minimum Gasteiger partial charge on any atom is -0.492 e. The number of rotatable bonds is 11. The molecule has 0 spiro atoms. The number of hydrogen-bond acceptors (Lipinski definition) is 7. The first-order chi connectivity index (χ1) is 14.8. The van der Waals surface area contributed by atoms with Crippen molar-refractivity contribution >= 4 is 17.8 Å². The molecule has 0 unspecified atom stereocenters. The van der Waals surface area contributed by atoms with E-state index < -0.39 is 17.9 Å². The van der Waals surface area contributed by atoms with Crippen molar-refractivity contribution in [2.75, 3.05) is 25.1 Å². The number of aromatic nitrogens is 1. The van der Waals surface area contributed by atoms with Crippen LogP contribution >= 0.6 is 0 Å². The smallest absolute Gasteiger partial charge is 0.320 e. The predicted molar refractivity (Wildman–Crippen MR) is 119 cm³/mol. The van der Waals surface area contributed by atoms with Crippen LogP contribution in [-0.2, 0) is 25.5 Å². The minimum atomic E-state index is -0.997. The normalized spacial score (nSPS) is 11.0. The lowest BCUT2D eigenvalue weighted by Gasteiger charge is -2.19. The van der Waals surface area contributed by atoms with Crippen LogP contribution < -0.4 is 9.64 Å². The van der Waals surface area contributed by atoms with Crippen LogP contribution in [0.1, 0.15) is 33.3 Å². The molecule has 1 aromatic carbocycles. The highest BCUT2D eigenvalue weighted by atomic mass is 16.6. The molecule has 0 saturated heterocycles. The van der Waals surface area contributed by atoms with Crippen molar-refractivity contribution in [1.29, 1.82) is 0 Å². The van der Waals surface area contributed by atoms with Crippen LogP contribution in [0, 0.1) is 5.92 Å². The number of hydrogen-bond donors (Lipinski definition) is 0. The molecule has 0 aliphatic rings. The zero-order valence-corrected chi connectivity index (χ0v) is 18.9. The monoisotopic (exact) mass is 428 g/mol. The van der Waals surface area contributed by atoms with Gasteiger partial charge in [-0.3, -0.25) is 9.59 Å². The van der Waals surface area contributed by atoms with Gasteiger partial charge in [-0.05, 0) is 63.9 Å². The SMILES string of the molecule is CC(C)OC(=O)C(Cc1ccc(OCCN(C)c2ccccn2)cc1)C(=O)OC(C)C. The molecule has 0 N–H and O–H groups in total. The van der Waals surface area contributed by atoms with Crippen LogP contribution in [0.2, 0.25) is 0 Å². The molecule has 0 amide bonds. The Labute approximate surface area is 184 Å². The van der Waals surface area contributed by atoms with Gasteiger partial charge in [0.25, 0.3) is 0 Å². The molecule has 0 radical (unpaired) electrons. The number of esters is 2. The third-order valence-electron chi connectivity index (χ3n) is 4.37. The van der Waals surface area contributed by atoms with E-state index in [1.165, 1.54) is 0 Å². The summed E-state index contributed by atoms with van der Waals surface area (Å²) < 4.78 is 16.3. The molecule has 31 heavy (non-hydrogen) atoms. The fourth-order valence-corrected chi connectivity index (χ4v) is 2.84. The fraction of sp³-hybridized carbons (Fsp3) is 0.458. The lowest BCUT2D eigenvalue weighted by atomic mass is 9.99. The highest BCUT2D eigenvalue weighted by Crippen LogP contribution is 2.18. The van der Waals surface area contributed by atoms with Gasteiger partial charge in [-0.1, -0.05) is 18.2 Å². The fourth-order valence-electron chi connectivity index (χ4n) is 2.84. The Hall–Kier alpha value is -3.09. The standard InChI is InChI=1S/C24H32N2O5/c1-17(2)30-23(27)21(24(28)31-18(3)4)16-19-9-11-20(12-10-19)29-15-14-26(5)22-8-6-7-13-25-22/h6-13,17-18,21H,14-16H2,1-5H3. The zero-order chi connectivity index (χ0) is 22.8. The number of pyridine rings is 1. The van der Waals surface area contributed by atoms with Gasteiger partial charge in [0, 0.05) is 13.2 Å². The summed E-state index contributed by atoms with van der Waals surface area (Å²) >= 11 is 0. The Morgan fingerprint density at radius 2 is 1.55 bits per heavy atom. The molecule has 2 rings (SSSR count). The number of benzene rings is 1. The molecule has 2 aromatic rings. The van der Waals surface area contributed by atoms with Crippen molar-refractivity contribution in [2.45, 2.75) is 46.3 Å². The Bertz CT molecular complexity index is 800. The summed E-state index contributed by atoms with van der Waals surface area (Å²) in [5.74, 6) is -0.543. The summed E-state index contributed by atoms with van der Waals surface area (Å²) in [4.78, 5) is 31.1. The molecule has 0 bridgehead atoms. The van der Waals surface area contributed by atoms with Gasteiger partial charge in [0.15, 0.2) is 5.92 Å². The molecule has 7 heteroatoms. The van der Waals surface area contributed by atoms with E-state index in [-0.39, 0.29) is 18.6 Å². The van der Waals surface area contributed by atoms with Gasteiger partial charge in [-0.2, -0.15) is 0 Å². The first-order valence-electron chi connectivity index (χ1n) is 10.5. The van der Waals surface area contributed by atoms with Crippen LogP contribution in [0.4, 0.5) is 5.82 Å². The second-order valence-corrected chi connectivity index (χ2v) is 7.83. The summed E-state index contributed by atoms with van der Waals surface area (Å²) in [6.07, 6.45) is 1.36. The largest absolute Gasteiger partial charge is 0.492 e. The lowest BCUT2D eigenvalue weighted by molar-refractivity contribution is -0.166. The lowest BCUT2D eigenvalue weighted by Crippen LogP contribution is -2.32. The summed E-state index contributed by atoms with van der Waals surface area (Å²) in [7, 11) is 1.96. The van der Waals surface area contributed by atoms with Crippen molar-refractivity contribution in [3.8, 4) is 5.75 Å². The molecular weight excluding hydrogens is 396 g/mol. The van der Waals surface area contributed by atoms with Gasteiger partial charge in [-0.25, -0.2) is 4.98 Å². The van der Waals surface area contributed by atoms with Crippen molar-refractivity contribution in [1.82, 2.24) is 4.98 Å². The molecule has 0 atom stereocenters. The summed E-state index contributed by atoms with van der Waals surface area (Å²) in [6, 6.07) is 13.1. The first kappa shape index (κ1) is 24.2. The number of ether oxygens (including phenoxy) is 3. The second kappa shape index (κ2) is 11.9. The van der Waals surface area contributed by atoms with Gasteiger partial charge in [0.2, 0.25) is 0 Å². The van der Waals surface area contributed by atoms with Gasteiger partial charge < -0.3 is 19.1 Å². The van der Waals surface area contributed by atoms with E-state index in [4.69, 9.17) is 14.2 Å². The van der Waals surface area contributed by atoms with E-state index in [0.717, 1.165) is 11.4 Å². The summed E-state index contributed by atoms with van der Waals surface area (Å²) in [6.45, 7) is 8.18. The molecule has 1 aromatic heterocycles. The van der Waals surface area contributed by atoms with E-state index in [1.54, 1.807) is 33.9 Å². The number of likely N-dealkylation sites (N-methyl/N-ethyl adjacent to an activating group) is 1. The number of nitrogens with zero attached hydrogens (tertiary/aromatic N) is 2. The van der Waals surface area contributed by atoms with E-state index in [2.05, 4.69) is 4.98 Å². The number of carbonyl (C=O) groups is 2. The van der Waals surface area contributed by atoms with Gasteiger partial charge in [0.1, 0.15) is 18.2 Å². The third kappa shape index (κ3) is 8.28. The number of anilines is 1. The Balaban J connectivity index is 1.93. The summed E-state index contributed by atoms with van der Waals surface area (Å²) in [5, 5.41) is 0. The maximum absolute atomic E-state index is 12.4. The average molecular weight is 429 g/mol. The Kier molecular flexibility index (Phi) is 9.31. The molecule has 168 valence electrons. The van der Waals surface area contributed by atoms with Crippen LogP contribution in [-0.4, -0.2) is 49.3 Å². The van der Waals surface area contributed by atoms with Crippen molar-refractivity contribution < 1.29 is 23.8 Å². The molecule has 0 fully saturated rings. The van der Waals surface area contributed by atoms with Crippen molar-refractivity contribution in [3.05, 3.63) is 54.2 Å². The van der Waals surface area contributed by atoms with Gasteiger partial charge in [-0.15, -0.1) is 0 Å². The summed E-state index contributed by atoms with van der Waals surface area (Å²) in [5.41, 5.74) is 0.823. The first-order valence-corrected chi connectivity index (χ1v) is 10.5.